The number of hydrogen-bond donors (Lipinski definition) is 2. The van der Waals surface area contributed by atoms with Crippen LogP contribution >= 0.6 is 0 Å². The summed E-state index contributed by atoms with van der Waals surface area (Å²) in [5.41, 5.74) is 2.59. The van der Waals surface area contributed by atoms with Gasteiger partial charge in [-0.25, -0.2) is 0 Å². The molecule has 0 bridgehead atoms. The van der Waals surface area contributed by atoms with Gasteiger partial charge in [0.1, 0.15) is 0 Å². The fourth-order valence-corrected chi connectivity index (χ4v) is 2.35. The largest absolute Gasteiger partial charge is 0.489 e. The average Bonchev–Trinajstić information content (AvgIpc) is 2.47. The van der Waals surface area contributed by atoms with Crippen LogP contribution in [0, 0.1) is 0 Å². The molecule has 3 heteroatoms. The molecule has 0 atom stereocenters. The molecule has 3 aromatic rings. The highest BCUT2D eigenvalue weighted by Crippen LogP contribution is 2.23. The van der Waals surface area contributed by atoms with Crippen molar-refractivity contribution in [3.8, 4) is 11.1 Å². The van der Waals surface area contributed by atoms with E-state index < -0.39 is 7.12 Å². The minimum Gasteiger partial charge on any atom is -0.423 e. The Hall–Kier alpha value is -2.10. The van der Waals surface area contributed by atoms with E-state index in [2.05, 4.69) is 6.07 Å². The van der Waals surface area contributed by atoms with E-state index in [-0.39, 0.29) is 0 Å². The molecule has 19 heavy (non-hydrogen) atoms. The van der Waals surface area contributed by atoms with Crippen LogP contribution in [0.2, 0.25) is 0 Å². The zero-order chi connectivity index (χ0) is 13.2. The standard InChI is InChI=1S/C16H13BO2/c18-17(19)16-11-14(12-6-2-1-3-7-12)10-13-8-4-5-9-15(13)16/h1-11,18-19H. The summed E-state index contributed by atoms with van der Waals surface area (Å²) in [6.45, 7) is 0. The van der Waals surface area contributed by atoms with Crippen molar-refractivity contribution in [3.05, 3.63) is 66.7 Å². The second-order valence-electron chi connectivity index (χ2n) is 4.53. The van der Waals surface area contributed by atoms with Crippen molar-refractivity contribution < 1.29 is 10.0 Å². The maximum absolute atomic E-state index is 9.55. The minimum atomic E-state index is -1.46. The molecule has 2 nitrogen and oxygen atoms in total. The summed E-state index contributed by atoms with van der Waals surface area (Å²) in [6, 6.07) is 21.6. The molecule has 0 fully saturated rings. The number of rotatable bonds is 2. The van der Waals surface area contributed by atoms with Crippen LogP contribution in [0.1, 0.15) is 0 Å². The highest BCUT2D eigenvalue weighted by molar-refractivity contribution is 6.62. The molecule has 2 N–H and O–H groups in total. The van der Waals surface area contributed by atoms with Crippen molar-refractivity contribution in [3.63, 3.8) is 0 Å². The van der Waals surface area contributed by atoms with Crippen molar-refractivity contribution in [1.82, 2.24) is 0 Å². The molecule has 0 aliphatic heterocycles. The van der Waals surface area contributed by atoms with Crippen LogP contribution in [0.3, 0.4) is 0 Å². The summed E-state index contributed by atoms with van der Waals surface area (Å²) >= 11 is 0. The van der Waals surface area contributed by atoms with E-state index in [0.717, 1.165) is 21.9 Å². The molecule has 92 valence electrons. The number of hydrogen-bond acceptors (Lipinski definition) is 2. The Labute approximate surface area is 112 Å². The van der Waals surface area contributed by atoms with Gasteiger partial charge in [-0.05, 0) is 33.4 Å². The summed E-state index contributed by atoms with van der Waals surface area (Å²) in [4.78, 5) is 0. The van der Waals surface area contributed by atoms with Gasteiger partial charge in [0, 0.05) is 0 Å². The molecular formula is C16H13BO2. The predicted octanol–water partition coefficient (Wildman–Crippen LogP) is 2.19. The van der Waals surface area contributed by atoms with Gasteiger partial charge in [0.05, 0.1) is 0 Å². The Kier molecular flexibility index (Phi) is 3.07. The van der Waals surface area contributed by atoms with E-state index in [1.54, 1.807) is 0 Å². The summed E-state index contributed by atoms with van der Waals surface area (Å²) in [5, 5.41) is 21.0. The first-order chi connectivity index (χ1) is 9.25. The maximum Gasteiger partial charge on any atom is 0.489 e. The van der Waals surface area contributed by atoms with Gasteiger partial charge in [-0.15, -0.1) is 0 Å². The Balaban J connectivity index is 2.28. The van der Waals surface area contributed by atoms with E-state index in [9.17, 15) is 10.0 Å². The Bertz CT molecular complexity index is 708. The van der Waals surface area contributed by atoms with E-state index in [1.807, 2.05) is 60.7 Å². The van der Waals surface area contributed by atoms with Gasteiger partial charge in [-0.1, -0.05) is 60.7 Å². The summed E-state index contributed by atoms with van der Waals surface area (Å²) < 4.78 is 0. The monoisotopic (exact) mass is 248 g/mol. The smallest absolute Gasteiger partial charge is 0.423 e. The normalized spacial score (nSPS) is 10.6. The molecule has 0 aliphatic rings. The van der Waals surface area contributed by atoms with Crippen molar-refractivity contribution in [2.24, 2.45) is 0 Å². The fraction of sp³-hybridized carbons (Fsp3) is 0. The molecule has 0 spiro atoms. The van der Waals surface area contributed by atoms with Crippen LogP contribution < -0.4 is 5.46 Å². The third-order valence-electron chi connectivity index (χ3n) is 3.28. The number of benzene rings is 3. The lowest BCUT2D eigenvalue weighted by Gasteiger charge is -2.10. The van der Waals surface area contributed by atoms with E-state index in [1.165, 1.54) is 0 Å². The topological polar surface area (TPSA) is 40.5 Å². The van der Waals surface area contributed by atoms with Crippen molar-refractivity contribution in [2.45, 2.75) is 0 Å². The molecule has 3 aromatic carbocycles. The van der Waals surface area contributed by atoms with E-state index >= 15 is 0 Å². The van der Waals surface area contributed by atoms with Gasteiger partial charge in [0.2, 0.25) is 0 Å². The summed E-state index contributed by atoms with van der Waals surface area (Å²) in [6.07, 6.45) is 0. The van der Waals surface area contributed by atoms with Gasteiger partial charge < -0.3 is 10.0 Å². The predicted molar refractivity (Wildman–Crippen MR) is 79.2 cm³/mol. The highest BCUT2D eigenvalue weighted by Gasteiger charge is 2.16. The first-order valence-corrected chi connectivity index (χ1v) is 6.20. The third-order valence-corrected chi connectivity index (χ3v) is 3.28. The van der Waals surface area contributed by atoms with E-state index in [0.29, 0.717) is 5.46 Å². The van der Waals surface area contributed by atoms with Crippen LogP contribution in [0.5, 0.6) is 0 Å². The molecule has 0 radical (unpaired) electrons. The lowest BCUT2D eigenvalue weighted by Crippen LogP contribution is -2.30. The zero-order valence-corrected chi connectivity index (χ0v) is 10.3. The molecular weight excluding hydrogens is 235 g/mol. The highest BCUT2D eigenvalue weighted by atomic mass is 16.4. The summed E-state index contributed by atoms with van der Waals surface area (Å²) in [5.74, 6) is 0. The van der Waals surface area contributed by atoms with Crippen LogP contribution in [0.4, 0.5) is 0 Å². The van der Waals surface area contributed by atoms with Gasteiger partial charge in [0.15, 0.2) is 0 Å². The van der Waals surface area contributed by atoms with Crippen LogP contribution in [0.15, 0.2) is 66.7 Å². The summed E-state index contributed by atoms with van der Waals surface area (Å²) in [7, 11) is -1.46. The first-order valence-electron chi connectivity index (χ1n) is 6.20. The zero-order valence-electron chi connectivity index (χ0n) is 10.3. The fourth-order valence-electron chi connectivity index (χ4n) is 2.35. The number of fused-ring (bicyclic) bond motifs is 1. The Morgan fingerprint density at radius 1 is 0.684 bits per heavy atom. The van der Waals surface area contributed by atoms with Crippen LogP contribution in [-0.4, -0.2) is 17.2 Å². The average molecular weight is 248 g/mol. The maximum atomic E-state index is 9.55. The molecule has 3 rings (SSSR count). The molecule has 0 unspecified atom stereocenters. The second-order valence-corrected chi connectivity index (χ2v) is 4.53. The molecule has 0 amide bonds. The van der Waals surface area contributed by atoms with Crippen LogP contribution in [0.25, 0.3) is 21.9 Å². The van der Waals surface area contributed by atoms with E-state index in [4.69, 9.17) is 0 Å². The SMILES string of the molecule is OB(O)c1cc(-c2ccccc2)cc2ccccc12. The first kappa shape index (κ1) is 12.0. The van der Waals surface area contributed by atoms with Crippen molar-refractivity contribution in [2.75, 3.05) is 0 Å². The third kappa shape index (κ3) is 2.26. The molecule has 0 saturated carbocycles. The second kappa shape index (κ2) is 4.88. The van der Waals surface area contributed by atoms with Gasteiger partial charge in [0.25, 0.3) is 0 Å². The lowest BCUT2D eigenvalue weighted by atomic mass is 9.76. The molecule has 0 aliphatic carbocycles. The van der Waals surface area contributed by atoms with Crippen molar-refractivity contribution in [1.29, 1.82) is 0 Å². The lowest BCUT2D eigenvalue weighted by molar-refractivity contribution is 0.426. The minimum absolute atomic E-state index is 0.539. The Morgan fingerprint density at radius 3 is 2.11 bits per heavy atom. The Morgan fingerprint density at radius 2 is 1.37 bits per heavy atom. The van der Waals surface area contributed by atoms with Gasteiger partial charge in [-0.2, -0.15) is 0 Å². The van der Waals surface area contributed by atoms with Crippen LogP contribution in [-0.2, 0) is 0 Å². The van der Waals surface area contributed by atoms with Gasteiger partial charge >= 0.3 is 7.12 Å². The molecule has 0 saturated heterocycles. The quantitative estimate of drug-likeness (QED) is 0.682. The molecule has 0 heterocycles. The van der Waals surface area contributed by atoms with Gasteiger partial charge in [-0.3, -0.25) is 0 Å². The molecule has 0 aromatic heterocycles. The van der Waals surface area contributed by atoms with Crippen molar-refractivity contribution >= 4 is 23.4 Å².